The predicted molar refractivity (Wildman–Crippen MR) is 148 cm³/mol. The number of ether oxygens (including phenoxy) is 5. The van der Waals surface area contributed by atoms with Crippen LogP contribution in [0.2, 0.25) is 0 Å². The van der Waals surface area contributed by atoms with Gasteiger partial charge in [-0.15, -0.1) is 0 Å². The Kier molecular flexibility index (Phi) is 12.4. The summed E-state index contributed by atoms with van der Waals surface area (Å²) in [7, 11) is 2.65. The predicted octanol–water partition coefficient (Wildman–Crippen LogP) is 0.130. The first kappa shape index (κ1) is 33.8. The molecule has 2 aromatic rings. The molecule has 238 valence electrons. The van der Waals surface area contributed by atoms with Gasteiger partial charge in [-0.3, -0.25) is 9.59 Å². The molecule has 14 nitrogen and oxygen atoms in total. The molecule has 2 aromatic carbocycles. The lowest BCUT2D eigenvalue weighted by atomic mass is 9.95. The monoisotopic (exact) mass is 610 g/mol. The van der Waals surface area contributed by atoms with Crippen LogP contribution >= 0.6 is 0 Å². The fourth-order valence-corrected chi connectivity index (χ4v) is 4.55. The van der Waals surface area contributed by atoms with E-state index in [0.717, 1.165) is 0 Å². The zero-order valence-electron chi connectivity index (χ0n) is 23.8. The summed E-state index contributed by atoms with van der Waals surface area (Å²) in [4.78, 5) is 23.5. The lowest BCUT2D eigenvalue weighted by Crippen LogP contribution is -2.60. The lowest BCUT2D eigenvalue weighted by Gasteiger charge is -2.40. The first-order valence-electron chi connectivity index (χ1n) is 13.6. The number of aromatic hydroxyl groups is 1. The van der Waals surface area contributed by atoms with Gasteiger partial charge in [0.15, 0.2) is 23.0 Å². The number of esters is 1. The number of carboxylic acid groups (broad SMARTS) is 1. The number of carboxylic acids is 1. The number of aryl methyl sites for hydroxylation is 2. The maximum absolute atomic E-state index is 12.2. The van der Waals surface area contributed by atoms with Crippen LogP contribution in [0, 0.1) is 0 Å². The summed E-state index contributed by atoms with van der Waals surface area (Å²) in [6.45, 7) is -0.735. The van der Waals surface area contributed by atoms with Gasteiger partial charge in [0.05, 0.1) is 27.4 Å². The Balaban J connectivity index is 2.10. The average Bonchev–Trinajstić information content (AvgIpc) is 2.99. The molecule has 1 fully saturated rings. The highest BCUT2D eigenvalue weighted by Crippen LogP contribution is 2.47. The molecule has 14 heteroatoms. The van der Waals surface area contributed by atoms with E-state index < -0.39 is 49.3 Å². The van der Waals surface area contributed by atoms with E-state index in [4.69, 9.17) is 28.8 Å². The standard InChI is InChI=1S/C29H38O14/c1-39-19-12-16(5-7-23(34)41-9-3-8-30)10-17(24(19)35)18-11-15(4-6-22(32)33)13-20(40-2)28(18)43-29-27(38)26(37)25(36)21(14-31)42-29/h10-13,21,25-27,29-31,35-38H,3-9,14H2,1-2H3,(H,32,33)/t21-,25-,26+,27-,29-/m1/s1. The van der Waals surface area contributed by atoms with Gasteiger partial charge < -0.3 is 59.4 Å². The Labute approximate surface area is 247 Å². The molecule has 1 aliphatic heterocycles. The van der Waals surface area contributed by atoms with Crippen LogP contribution < -0.4 is 14.2 Å². The largest absolute Gasteiger partial charge is 0.504 e. The Bertz CT molecular complexity index is 1250. The minimum atomic E-state index is -1.76. The van der Waals surface area contributed by atoms with Crippen molar-refractivity contribution >= 4 is 11.9 Å². The fraction of sp³-hybridized carbons (Fsp3) is 0.517. The number of rotatable bonds is 15. The summed E-state index contributed by atoms with van der Waals surface area (Å²) in [5.74, 6) is -1.83. The van der Waals surface area contributed by atoms with E-state index >= 15 is 0 Å². The van der Waals surface area contributed by atoms with Crippen molar-refractivity contribution in [3.63, 3.8) is 0 Å². The molecule has 0 bridgehead atoms. The normalized spacial score (nSPS) is 21.7. The summed E-state index contributed by atoms with van der Waals surface area (Å²) in [6, 6.07) is 6.15. The van der Waals surface area contributed by atoms with Gasteiger partial charge in [-0.05, 0) is 48.2 Å². The molecule has 0 unspecified atom stereocenters. The molecule has 0 aromatic heterocycles. The van der Waals surface area contributed by atoms with Gasteiger partial charge in [0, 0.05) is 37.0 Å². The number of carbonyl (C=O) groups excluding carboxylic acids is 1. The van der Waals surface area contributed by atoms with Crippen molar-refractivity contribution in [1.29, 1.82) is 0 Å². The summed E-state index contributed by atoms with van der Waals surface area (Å²) in [5.41, 5.74) is 1.35. The molecule has 5 atom stereocenters. The van der Waals surface area contributed by atoms with E-state index in [1.54, 1.807) is 12.1 Å². The van der Waals surface area contributed by atoms with Crippen LogP contribution in [0.1, 0.15) is 30.4 Å². The molecule has 7 N–H and O–H groups in total. The van der Waals surface area contributed by atoms with E-state index in [0.29, 0.717) is 17.5 Å². The second-order valence-corrected chi connectivity index (χ2v) is 9.88. The van der Waals surface area contributed by atoms with Gasteiger partial charge in [-0.2, -0.15) is 0 Å². The Morgan fingerprint density at radius 1 is 0.860 bits per heavy atom. The van der Waals surface area contributed by atoms with Crippen LogP contribution in [0.15, 0.2) is 24.3 Å². The van der Waals surface area contributed by atoms with Crippen LogP contribution in [0.3, 0.4) is 0 Å². The third kappa shape index (κ3) is 8.46. The van der Waals surface area contributed by atoms with Crippen molar-refractivity contribution in [3.05, 3.63) is 35.4 Å². The summed E-state index contributed by atoms with van der Waals surface area (Å²) >= 11 is 0. The Morgan fingerprint density at radius 3 is 2.09 bits per heavy atom. The molecular formula is C29H38O14. The number of benzene rings is 2. The summed E-state index contributed by atoms with van der Waals surface area (Å²) in [6.07, 6.45) is -7.65. The second-order valence-electron chi connectivity index (χ2n) is 9.88. The third-order valence-electron chi connectivity index (χ3n) is 6.87. The molecule has 3 rings (SSSR count). The maximum Gasteiger partial charge on any atom is 0.306 e. The number of phenolic OH excluding ortho intramolecular Hbond substituents is 1. The number of methoxy groups -OCH3 is 2. The first-order valence-corrected chi connectivity index (χ1v) is 13.6. The van der Waals surface area contributed by atoms with Gasteiger partial charge in [0.1, 0.15) is 24.4 Å². The molecule has 0 saturated carbocycles. The highest BCUT2D eigenvalue weighted by Gasteiger charge is 2.45. The van der Waals surface area contributed by atoms with Crippen LogP contribution in [-0.2, 0) is 31.9 Å². The number of carbonyl (C=O) groups is 2. The number of hydrogen-bond acceptors (Lipinski definition) is 13. The maximum atomic E-state index is 12.2. The van der Waals surface area contributed by atoms with Crippen molar-refractivity contribution in [1.82, 2.24) is 0 Å². The molecular weight excluding hydrogens is 572 g/mol. The highest BCUT2D eigenvalue weighted by atomic mass is 16.7. The molecule has 0 amide bonds. The molecule has 0 aliphatic carbocycles. The van der Waals surface area contributed by atoms with E-state index in [1.165, 1.54) is 26.4 Å². The van der Waals surface area contributed by atoms with Crippen LogP contribution in [0.4, 0.5) is 0 Å². The molecule has 0 radical (unpaired) electrons. The van der Waals surface area contributed by atoms with Crippen molar-refractivity contribution in [3.8, 4) is 34.1 Å². The first-order chi connectivity index (χ1) is 20.5. The zero-order chi connectivity index (χ0) is 31.7. The molecule has 1 saturated heterocycles. The van der Waals surface area contributed by atoms with Crippen molar-refractivity contribution in [2.45, 2.75) is 62.8 Å². The van der Waals surface area contributed by atoms with Gasteiger partial charge >= 0.3 is 11.9 Å². The molecule has 43 heavy (non-hydrogen) atoms. The van der Waals surface area contributed by atoms with Crippen LogP contribution in [0.25, 0.3) is 11.1 Å². The minimum Gasteiger partial charge on any atom is -0.504 e. The SMILES string of the molecule is COc1cc(CCC(=O)OCCCO)cc(-c2cc(CCC(=O)O)cc(OC)c2O[C@H]2O[C@H](CO)[C@@H](O)[C@H](O)[C@H]2O)c1O. The quantitative estimate of drug-likeness (QED) is 0.105. The number of aliphatic hydroxyl groups excluding tert-OH is 5. The van der Waals surface area contributed by atoms with Crippen molar-refractivity contribution < 1.29 is 69.0 Å². The second kappa shape index (κ2) is 15.7. The zero-order valence-corrected chi connectivity index (χ0v) is 23.8. The van der Waals surface area contributed by atoms with Crippen LogP contribution in [-0.4, -0.2) is 112 Å². The fourth-order valence-electron chi connectivity index (χ4n) is 4.55. The molecule has 1 heterocycles. The highest BCUT2D eigenvalue weighted by molar-refractivity contribution is 5.82. The van der Waals surface area contributed by atoms with E-state index in [2.05, 4.69) is 0 Å². The average molecular weight is 611 g/mol. The summed E-state index contributed by atoms with van der Waals surface area (Å²) in [5, 5.41) is 70.0. The molecule has 1 aliphatic rings. The number of hydrogen-bond donors (Lipinski definition) is 7. The lowest BCUT2D eigenvalue weighted by molar-refractivity contribution is -0.277. The van der Waals surface area contributed by atoms with Gasteiger partial charge in [0.25, 0.3) is 0 Å². The van der Waals surface area contributed by atoms with E-state index in [-0.39, 0.29) is 73.0 Å². The van der Waals surface area contributed by atoms with Gasteiger partial charge in [-0.25, -0.2) is 0 Å². The minimum absolute atomic E-state index is 0.0189. The Hall–Kier alpha value is -3.66. The third-order valence-corrected chi connectivity index (χ3v) is 6.87. The number of aliphatic hydroxyl groups is 5. The number of aliphatic carboxylic acids is 1. The Morgan fingerprint density at radius 2 is 1.49 bits per heavy atom. The van der Waals surface area contributed by atoms with Crippen LogP contribution in [0.5, 0.6) is 23.0 Å². The number of phenols is 1. The van der Waals surface area contributed by atoms with Gasteiger partial charge in [0.2, 0.25) is 6.29 Å². The topological polar surface area (TPSA) is 222 Å². The van der Waals surface area contributed by atoms with Crippen molar-refractivity contribution in [2.24, 2.45) is 0 Å². The van der Waals surface area contributed by atoms with E-state index in [1.807, 2.05) is 0 Å². The smallest absolute Gasteiger partial charge is 0.306 e. The van der Waals surface area contributed by atoms with Gasteiger partial charge in [-0.1, -0.05) is 0 Å². The summed E-state index contributed by atoms with van der Waals surface area (Å²) < 4.78 is 27.5. The molecule has 0 spiro atoms. The van der Waals surface area contributed by atoms with E-state index in [9.17, 15) is 40.2 Å². The van der Waals surface area contributed by atoms with Crippen molar-refractivity contribution in [2.75, 3.05) is 34.0 Å².